The molecule has 2 aromatic rings. The second-order valence-corrected chi connectivity index (χ2v) is 6.67. The standard InChI is InChI=1S/C17H25N5O2/c1-12(2)11-22-8-7-18-15(22)10-19-17(23)13-5-9-24-16(13)14-4-6-20-21(14)3/h4,6-8,12-13,16H,5,9-11H2,1-3H3,(H,19,23)/t13-,16-/m1/s1. The first-order valence-corrected chi connectivity index (χ1v) is 8.43. The van der Waals surface area contributed by atoms with E-state index in [1.807, 2.05) is 19.3 Å². The van der Waals surface area contributed by atoms with Crippen LogP contribution in [0.5, 0.6) is 0 Å². The van der Waals surface area contributed by atoms with E-state index in [2.05, 4.69) is 33.8 Å². The molecule has 0 spiro atoms. The minimum atomic E-state index is -0.229. The van der Waals surface area contributed by atoms with E-state index < -0.39 is 0 Å². The van der Waals surface area contributed by atoms with Crippen LogP contribution < -0.4 is 5.32 Å². The predicted molar refractivity (Wildman–Crippen MR) is 88.9 cm³/mol. The van der Waals surface area contributed by atoms with Crippen molar-refractivity contribution in [3.8, 4) is 0 Å². The highest BCUT2D eigenvalue weighted by molar-refractivity contribution is 5.79. The highest BCUT2D eigenvalue weighted by Gasteiger charge is 2.36. The summed E-state index contributed by atoms with van der Waals surface area (Å²) >= 11 is 0. The first-order valence-electron chi connectivity index (χ1n) is 8.43. The summed E-state index contributed by atoms with van der Waals surface area (Å²) in [5, 5.41) is 7.19. The molecule has 2 atom stereocenters. The van der Waals surface area contributed by atoms with Crippen molar-refractivity contribution in [2.75, 3.05) is 6.61 Å². The second-order valence-electron chi connectivity index (χ2n) is 6.67. The van der Waals surface area contributed by atoms with Crippen molar-refractivity contribution >= 4 is 5.91 Å². The number of imidazole rings is 1. The first-order chi connectivity index (χ1) is 11.6. The Hall–Kier alpha value is -2.15. The lowest BCUT2D eigenvalue weighted by atomic mass is 9.98. The molecule has 1 saturated heterocycles. The fourth-order valence-corrected chi connectivity index (χ4v) is 3.18. The summed E-state index contributed by atoms with van der Waals surface area (Å²) in [6.45, 7) is 6.26. The largest absolute Gasteiger partial charge is 0.371 e. The molecule has 1 aliphatic heterocycles. The quantitative estimate of drug-likeness (QED) is 0.874. The Morgan fingerprint density at radius 1 is 1.46 bits per heavy atom. The van der Waals surface area contributed by atoms with E-state index in [-0.39, 0.29) is 17.9 Å². The third kappa shape index (κ3) is 3.51. The third-order valence-corrected chi connectivity index (χ3v) is 4.36. The lowest BCUT2D eigenvalue weighted by Crippen LogP contribution is -2.33. The number of carbonyl (C=O) groups excluding carboxylic acids is 1. The van der Waals surface area contributed by atoms with Gasteiger partial charge < -0.3 is 14.6 Å². The van der Waals surface area contributed by atoms with Crippen molar-refractivity contribution in [1.82, 2.24) is 24.6 Å². The number of aromatic nitrogens is 4. The van der Waals surface area contributed by atoms with Crippen molar-refractivity contribution in [2.24, 2.45) is 18.9 Å². The summed E-state index contributed by atoms with van der Waals surface area (Å²) in [4.78, 5) is 17.0. The zero-order valence-corrected chi connectivity index (χ0v) is 14.5. The van der Waals surface area contributed by atoms with Crippen molar-refractivity contribution in [3.63, 3.8) is 0 Å². The summed E-state index contributed by atoms with van der Waals surface area (Å²) in [5.74, 6) is 1.24. The van der Waals surface area contributed by atoms with Crippen LogP contribution in [0, 0.1) is 11.8 Å². The van der Waals surface area contributed by atoms with Gasteiger partial charge in [0.2, 0.25) is 5.91 Å². The normalized spacial score (nSPS) is 20.7. The molecule has 0 radical (unpaired) electrons. The first kappa shape index (κ1) is 16.7. The molecule has 130 valence electrons. The third-order valence-electron chi connectivity index (χ3n) is 4.36. The molecule has 7 heteroatoms. The second kappa shape index (κ2) is 7.17. The molecular weight excluding hydrogens is 306 g/mol. The number of aryl methyl sites for hydroxylation is 1. The maximum absolute atomic E-state index is 12.6. The topological polar surface area (TPSA) is 74.0 Å². The molecular formula is C17H25N5O2. The van der Waals surface area contributed by atoms with E-state index in [0.29, 0.717) is 19.1 Å². The van der Waals surface area contributed by atoms with Gasteiger partial charge in [-0.3, -0.25) is 9.48 Å². The van der Waals surface area contributed by atoms with Crippen molar-refractivity contribution < 1.29 is 9.53 Å². The fourth-order valence-electron chi connectivity index (χ4n) is 3.18. The Balaban J connectivity index is 1.63. The van der Waals surface area contributed by atoms with Crippen molar-refractivity contribution in [2.45, 2.75) is 39.5 Å². The maximum atomic E-state index is 12.6. The van der Waals surface area contributed by atoms with Gasteiger partial charge in [-0.05, 0) is 18.4 Å². The molecule has 24 heavy (non-hydrogen) atoms. The van der Waals surface area contributed by atoms with E-state index in [0.717, 1.165) is 24.5 Å². The number of hydrogen-bond acceptors (Lipinski definition) is 4. The van der Waals surface area contributed by atoms with Crippen LogP contribution in [0.1, 0.15) is 37.9 Å². The Morgan fingerprint density at radius 2 is 2.29 bits per heavy atom. The van der Waals surface area contributed by atoms with Crippen LogP contribution >= 0.6 is 0 Å². The van der Waals surface area contributed by atoms with Gasteiger partial charge in [0, 0.05) is 38.8 Å². The van der Waals surface area contributed by atoms with Gasteiger partial charge >= 0.3 is 0 Å². The van der Waals surface area contributed by atoms with Crippen molar-refractivity contribution in [3.05, 3.63) is 36.2 Å². The highest BCUT2D eigenvalue weighted by Crippen LogP contribution is 2.34. The Morgan fingerprint density at radius 3 is 3.00 bits per heavy atom. The van der Waals surface area contributed by atoms with Gasteiger partial charge in [-0.25, -0.2) is 4.98 Å². The minimum absolute atomic E-state index is 0.0118. The van der Waals surface area contributed by atoms with Gasteiger partial charge in [-0.15, -0.1) is 0 Å². The number of nitrogens with one attached hydrogen (secondary N) is 1. The van der Waals surface area contributed by atoms with Crippen LogP contribution in [-0.2, 0) is 29.7 Å². The van der Waals surface area contributed by atoms with Crippen LogP contribution in [0.25, 0.3) is 0 Å². The summed E-state index contributed by atoms with van der Waals surface area (Å²) < 4.78 is 9.64. The number of rotatable bonds is 6. The average Bonchev–Trinajstić information content (AvgIpc) is 3.24. The molecule has 1 N–H and O–H groups in total. The minimum Gasteiger partial charge on any atom is -0.371 e. The molecule has 1 aliphatic rings. The summed E-state index contributed by atoms with van der Waals surface area (Å²) in [7, 11) is 1.87. The number of hydrogen-bond donors (Lipinski definition) is 1. The van der Waals surface area contributed by atoms with Gasteiger partial charge in [-0.2, -0.15) is 5.10 Å². The average molecular weight is 331 g/mol. The van der Waals surface area contributed by atoms with E-state index in [1.54, 1.807) is 17.1 Å². The SMILES string of the molecule is CC(C)Cn1ccnc1CNC(=O)[C@@H]1CCO[C@H]1c1ccnn1C. The van der Waals surface area contributed by atoms with Gasteiger partial charge in [0.15, 0.2) is 0 Å². The zero-order valence-electron chi connectivity index (χ0n) is 14.5. The molecule has 1 amide bonds. The molecule has 7 nitrogen and oxygen atoms in total. The number of carbonyl (C=O) groups is 1. The molecule has 1 fully saturated rings. The fraction of sp³-hybridized carbons (Fsp3) is 0.588. The predicted octanol–water partition coefficient (Wildman–Crippen LogP) is 1.67. The molecule has 3 heterocycles. The highest BCUT2D eigenvalue weighted by atomic mass is 16.5. The van der Waals surface area contributed by atoms with Gasteiger partial charge in [0.05, 0.1) is 18.2 Å². The van der Waals surface area contributed by atoms with Crippen LogP contribution in [0.4, 0.5) is 0 Å². The molecule has 0 saturated carbocycles. The van der Waals surface area contributed by atoms with Crippen LogP contribution in [0.15, 0.2) is 24.7 Å². The van der Waals surface area contributed by atoms with Gasteiger partial charge in [-0.1, -0.05) is 13.8 Å². The van der Waals surface area contributed by atoms with Crippen LogP contribution in [0.3, 0.4) is 0 Å². The van der Waals surface area contributed by atoms with E-state index in [4.69, 9.17) is 4.74 Å². The number of nitrogens with zero attached hydrogens (tertiary/aromatic N) is 4. The van der Waals surface area contributed by atoms with Crippen molar-refractivity contribution in [1.29, 1.82) is 0 Å². The van der Waals surface area contributed by atoms with Gasteiger partial charge in [0.1, 0.15) is 11.9 Å². The monoisotopic (exact) mass is 331 g/mol. The van der Waals surface area contributed by atoms with Crippen LogP contribution in [-0.4, -0.2) is 31.8 Å². The molecule has 0 bridgehead atoms. The Kier molecular flexibility index (Phi) is 4.99. The molecule has 0 aromatic carbocycles. The van der Waals surface area contributed by atoms with Crippen LogP contribution in [0.2, 0.25) is 0 Å². The lowest BCUT2D eigenvalue weighted by Gasteiger charge is -2.18. The Bertz CT molecular complexity index is 691. The summed E-state index contributed by atoms with van der Waals surface area (Å²) in [5.41, 5.74) is 0.939. The number of ether oxygens (including phenoxy) is 1. The van der Waals surface area contributed by atoms with E-state index in [1.165, 1.54) is 0 Å². The Labute approximate surface area is 142 Å². The smallest absolute Gasteiger partial charge is 0.226 e. The van der Waals surface area contributed by atoms with Gasteiger partial charge in [0.25, 0.3) is 0 Å². The maximum Gasteiger partial charge on any atom is 0.226 e. The number of amides is 1. The lowest BCUT2D eigenvalue weighted by molar-refractivity contribution is -0.127. The molecule has 3 rings (SSSR count). The van der Waals surface area contributed by atoms with E-state index in [9.17, 15) is 4.79 Å². The molecule has 0 aliphatic carbocycles. The van der Waals surface area contributed by atoms with E-state index >= 15 is 0 Å². The zero-order chi connectivity index (χ0) is 17.1. The molecule has 0 unspecified atom stereocenters. The summed E-state index contributed by atoms with van der Waals surface area (Å²) in [6.07, 6.45) is 5.96. The summed E-state index contributed by atoms with van der Waals surface area (Å²) in [6, 6.07) is 1.91. The molecule has 2 aromatic heterocycles.